The summed E-state index contributed by atoms with van der Waals surface area (Å²) in [7, 11) is 2.97. The minimum absolute atomic E-state index is 0.237. The van der Waals surface area contributed by atoms with E-state index in [1.807, 2.05) is 0 Å². The van der Waals surface area contributed by atoms with E-state index in [2.05, 4.69) is 15.7 Å². The molecule has 2 heterocycles. The second-order valence-corrected chi connectivity index (χ2v) is 7.73. The molecule has 174 valence electrons. The molecule has 3 aromatic rings. The van der Waals surface area contributed by atoms with Crippen molar-refractivity contribution in [1.82, 2.24) is 9.78 Å². The second kappa shape index (κ2) is 8.68. The van der Waals surface area contributed by atoms with E-state index in [0.29, 0.717) is 34.0 Å². The first-order valence-electron chi connectivity index (χ1n) is 10.2. The number of methoxy groups -OCH3 is 2. The van der Waals surface area contributed by atoms with Gasteiger partial charge in [-0.2, -0.15) is 18.3 Å². The van der Waals surface area contributed by atoms with E-state index in [9.17, 15) is 18.0 Å². The van der Waals surface area contributed by atoms with Crippen LogP contribution in [0, 0.1) is 0 Å². The Balaban J connectivity index is 1.72. The molecular weight excluding hydrogens is 437 g/mol. The maximum absolute atomic E-state index is 14.0. The van der Waals surface area contributed by atoms with E-state index in [-0.39, 0.29) is 18.1 Å². The maximum atomic E-state index is 14.0. The second-order valence-electron chi connectivity index (χ2n) is 7.73. The number of benzene rings is 2. The number of carbonyl (C=O) groups excluding carboxylic acids is 1. The average molecular weight is 460 g/mol. The molecule has 0 aliphatic carbocycles. The zero-order valence-electron chi connectivity index (χ0n) is 18.2. The summed E-state index contributed by atoms with van der Waals surface area (Å²) in [5, 5.41) is 10.1. The molecule has 10 heteroatoms. The van der Waals surface area contributed by atoms with Crippen molar-refractivity contribution in [3.63, 3.8) is 0 Å². The van der Waals surface area contributed by atoms with Crippen molar-refractivity contribution in [1.29, 1.82) is 0 Å². The van der Waals surface area contributed by atoms with E-state index >= 15 is 0 Å². The van der Waals surface area contributed by atoms with Crippen LogP contribution in [0.5, 0.6) is 11.5 Å². The third-order valence-corrected chi connectivity index (χ3v) is 5.48. The summed E-state index contributed by atoms with van der Waals surface area (Å²) in [5.74, 6) is 0.946. The minimum Gasteiger partial charge on any atom is -0.493 e. The van der Waals surface area contributed by atoms with Crippen molar-refractivity contribution in [2.24, 2.45) is 0 Å². The molecule has 1 aliphatic rings. The Labute approximate surface area is 188 Å². The molecule has 1 aromatic heterocycles. The molecule has 2 atom stereocenters. The highest BCUT2D eigenvalue weighted by Crippen LogP contribution is 2.45. The van der Waals surface area contributed by atoms with Crippen LogP contribution < -0.4 is 20.1 Å². The molecule has 1 amide bonds. The molecule has 0 fully saturated rings. The third-order valence-electron chi connectivity index (χ3n) is 5.48. The van der Waals surface area contributed by atoms with Crippen LogP contribution >= 0.6 is 0 Å². The number of nitrogens with one attached hydrogen (secondary N) is 2. The Bertz CT molecular complexity index is 1180. The molecule has 2 N–H and O–H groups in total. The van der Waals surface area contributed by atoms with Crippen molar-refractivity contribution < 1.29 is 27.4 Å². The lowest BCUT2D eigenvalue weighted by Gasteiger charge is -2.33. The molecule has 0 spiro atoms. The SMILES string of the molecule is COc1ccc([C@@H]2C[C@H](C(F)(F)F)n3nc(-c4cccc(NC(C)=O)c4)cc3N2)cc1OC. The van der Waals surface area contributed by atoms with Gasteiger partial charge in [-0.1, -0.05) is 18.2 Å². The van der Waals surface area contributed by atoms with Gasteiger partial charge >= 0.3 is 6.18 Å². The number of anilines is 2. The van der Waals surface area contributed by atoms with Crippen molar-refractivity contribution in [3.05, 3.63) is 54.1 Å². The fourth-order valence-corrected chi connectivity index (χ4v) is 3.96. The Hall–Kier alpha value is -3.69. The van der Waals surface area contributed by atoms with E-state index in [1.165, 1.54) is 21.1 Å². The van der Waals surface area contributed by atoms with Crippen molar-refractivity contribution in [2.45, 2.75) is 31.6 Å². The Kier molecular flexibility index (Phi) is 5.92. The van der Waals surface area contributed by atoms with Crippen LogP contribution in [0.2, 0.25) is 0 Å². The van der Waals surface area contributed by atoms with E-state index in [1.54, 1.807) is 48.5 Å². The number of amides is 1. The maximum Gasteiger partial charge on any atom is 0.410 e. The highest BCUT2D eigenvalue weighted by molar-refractivity contribution is 5.89. The lowest BCUT2D eigenvalue weighted by Crippen LogP contribution is -2.35. The summed E-state index contributed by atoms with van der Waals surface area (Å²) in [4.78, 5) is 11.3. The molecule has 2 aromatic carbocycles. The smallest absolute Gasteiger partial charge is 0.410 e. The first-order valence-corrected chi connectivity index (χ1v) is 10.2. The van der Waals surface area contributed by atoms with E-state index < -0.39 is 18.3 Å². The predicted molar refractivity (Wildman–Crippen MR) is 118 cm³/mol. The fraction of sp³-hybridized carbons (Fsp3) is 0.304. The highest BCUT2D eigenvalue weighted by atomic mass is 19.4. The van der Waals surface area contributed by atoms with Gasteiger partial charge in [0.2, 0.25) is 5.91 Å². The monoisotopic (exact) mass is 460 g/mol. The van der Waals surface area contributed by atoms with Gasteiger partial charge in [0.05, 0.1) is 26.0 Å². The number of aromatic nitrogens is 2. The van der Waals surface area contributed by atoms with E-state index in [0.717, 1.165) is 4.68 Å². The molecule has 0 saturated heterocycles. The number of rotatable bonds is 5. The van der Waals surface area contributed by atoms with Crippen LogP contribution in [0.15, 0.2) is 48.5 Å². The molecule has 1 aliphatic heterocycles. The lowest BCUT2D eigenvalue weighted by atomic mass is 9.96. The summed E-state index contributed by atoms with van der Waals surface area (Å²) in [6, 6.07) is 11.0. The first-order chi connectivity index (χ1) is 15.7. The standard InChI is InChI=1S/C23H23F3N4O3/c1-13(31)27-16-6-4-5-14(9-16)18-12-22-28-17(11-21(23(24,25)26)30(22)29-18)15-7-8-19(32-2)20(10-15)33-3/h4-10,12,17,21,28H,11H2,1-3H3,(H,27,31)/t17-,21+/m0/s1. The van der Waals surface area contributed by atoms with Crippen LogP contribution in [0.1, 0.15) is 31.0 Å². The van der Waals surface area contributed by atoms with Gasteiger partial charge in [0.15, 0.2) is 17.5 Å². The molecule has 4 rings (SSSR count). The number of halogens is 3. The molecular formula is C23H23F3N4O3. The summed E-state index contributed by atoms with van der Waals surface area (Å²) < 4.78 is 53.6. The van der Waals surface area contributed by atoms with Gasteiger partial charge in [-0.25, -0.2) is 4.68 Å². The summed E-state index contributed by atoms with van der Waals surface area (Å²) in [6.45, 7) is 1.38. The van der Waals surface area contributed by atoms with Gasteiger partial charge in [0, 0.05) is 30.7 Å². The first kappa shape index (κ1) is 22.5. The quantitative estimate of drug-likeness (QED) is 0.548. The third kappa shape index (κ3) is 4.59. The number of carbonyl (C=O) groups is 1. The van der Waals surface area contributed by atoms with Crippen molar-refractivity contribution in [3.8, 4) is 22.8 Å². The van der Waals surface area contributed by atoms with Crippen LogP contribution in [0.25, 0.3) is 11.3 Å². The van der Waals surface area contributed by atoms with Gasteiger partial charge in [0.25, 0.3) is 0 Å². The largest absolute Gasteiger partial charge is 0.493 e. The zero-order chi connectivity index (χ0) is 23.8. The minimum atomic E-state index is -4.49. The Morgan fingerprint density at radius 3 is 2.55 bits per heavy atom. The number of fused-ring (bicyclic) bond motifs is 1. The lowest BCUT2D eigenvalue weighted by molar-refractivity contribution is -0.173. The number of nitrogens with zero attached hydrogens (tertiary/aromatic N) is 2. The number of hydrogen-bond donors (Lipinski definition) is 2. The highest BCUT2D eigenvalue weighted by Gasteiger charge is 2.46. The van der Waals surface area contributed by atoms with Crippen LogP contribution in [0.4, 0.5) is 24.7 Å². The van der Waals surface area contributed by atoms with Crippen LogP contribution in [-0.2, 0) is 4.79 Å². The average Bonchev–Trinajstić information content (AvgIpc) is 3.21. The van der Waals surface area contributed by atoms with Gasteiger partial charge in [-0.15, -0.1) is 0 Å². The summed E-state index contributed by atoms with van der Waals surface area (Å²) in [6.07, 6.45) is -4.73. The van der Waals surface area contributed by atoms with Crippen molar-refractivity contribution >= 4 is 17.4 Å². The normalized spacial score (nSPS) is 17.6. The molecule has 0 unspecified atom stereocenters. The van der Waals surface area contributed by atoms with Gasteiger partial charge in [-0.3, -0.25) is 4.79 Å². The van der Waals surface area contributed by atoms with Crippen LogP contribution in [-0.4, -0.2) is 36.1 Å². The summed E-state index contributed by atoms with van der Waals surface area (Å²) in [5.41, 5.74) is 2.14. The van der Waals surface area contributed by atoms with Crippen molar-refractivity contribution in [2.75, 3.05) is 24.9 Å². The zero-order valence-corrected chi connectivity index (χ0v) is 18.2. The molecule has 0 radical (unpaired) electrons. The molecule has 0 saturated carbocycles. The van der Waals surface area contributed by atoms with Gasteiger partial charge < -0.3 is 20.1 Å². The van der Waals surface area contributed by atoms with E-state index in [4.69, 9.17) is 9.47 Å². The predicted octanol–water partition coefficient (Wildman–Crippen LogP) is 5.19. The molecule has 33 heavy (non-hydrogen) atoms. The fourth-order valence-electron chi connectivity index (χ4n) is 3.96. The number of ether oxygens (including phenoxy) is 2. The topological polar surface area (TPSA) is 77.4 Å². The Morgan fingerprint density at radius 2 is 1.88 bits per heavy atom. The molecule has 0 bridgehead atoms. The van der Waals surface area contributed by atoms with Gasteiger partial charge in [0.1, 0.15) is 5.82 Å². The number of hydrogen-bond acceptors (Lipinski definition) is 5. The number of alkyl halides is 3. The van der Waals surface area contributed by atoms with Gasteiger partial charge in [-0.05, 0) is 29.8 Å². The summed E-state index contributed by atoms with van der Waals surface area (Å²) >= 11 is 0. The Morgan fingerprint density at radius 1 is 1.12 bits per heavy atom. The molecule has 7 nitrogen and oxygen atoms in total. The van der Waals surface area contributed by atoms with Crippen LogP contribution in [0.3, 0.4) is 0 Å².